The maximum atomic E-state index is 12.5. The summed E-state index contributed by atoms with van der Waals surface area (Å²) < 4.78 is 0. The van der Waals surface area contributed by atoms with Crippen molar-refractivity contribution in [3.8, 4) is 0 Å². The van der Waals surface area contributed by atoms with Crippen molar-refractivity contribution in [3.05, 3.63) is 59.4 Å². The first-order chi connectivity index (χ1) is 13.5. The Morgan fingerprint density at radius 1 is 1.14 bits per heavy atom. The number of aromatic nitrogens is 2. The zero-order valence-electron chi connectivity index (χ0n) is 15.7. The van der Waals surface area contributed by atoms with E-state index in [2.05, 4.69) is 20.3 Å². The van der Waals surface area contributed by atoms with E-state index in [0.29, 0.717) is 11.5 Å². The number of carbonyl (C=O) groups excluding carboxylic acids is 2. The molecule has 4 rings (SSSR count). The van der Waals surface area contributed by atoms with Crippen molar-refractivity contribution in [1.29, 1.82) is 0 Å². The van der Waals surface area contributed by atoms with Crippen molar-refractivity contribution in [3.63, 3.8) is 0 Å². The number of rotatable bonds is 5. The number of amides is 2. The van der Waals surface area contributed by atoms with E-state index in [4.69, 9.17) is 0 Å². The molecule has 1 unspecified atom stereocenters. The molecular formula is C21H20N4O2S. The quantitative estimate of drug-likeness (QED) is 0.691. The fourth-order valence-electron chi connectivity index (χ4n) is 3.25. The SMILES string of the molecule is Cc1cccc(C)c1NC(=O)CC1SC(Cc2nc3ccccc3[nH]2)=NC1=O. The first-order valence-corrected chi connectivity index (χ1v) is 9.95. The summed E-state index contributed by atoms with van der Waals surface area (Å²) in [6.45, 7) is 3.90. The number of hydrogen-bond donors (Lipinski definition) is 2. The molecule has 2 amide bonds. The molecule has 1 aromatic heterocycles. The second kappa shape index (κ2) is 7.59. The van der Waals surface area contributed by atoms with Crippen molar-refractivity contribution in [2.75, 3.05) is 5.32 Å². The van der Waals surface area contributed by atoms with Gasteiger partial charge in [-0.2, -0.15) is 0 Å². The van der Waals surface area contributed by atoms with Crippen LogP contribution in [0.2, 0.25) is 0 Å². The number of fused-ring (bicyclic) bond motifs is 1. The van der Waals surface area contributed by atoms with Crippen LogP contribution in [0.5, 0.6) is 0 Å². The minimum absolute atomic E-state index is 0.102. The van der Waals surface area contributed by atoms with Crippen LogP contribution in [0, 0.1) is 13.8 Å². The predicted molar refractivity (Wildman–Crippen MR) is 113 cm³/mol. The molecule has 2 heterocycles. The van der Waals surface area contributed by atoms with Gasteiger partial charge in [0.05, 0.1) is 22.5 Å². The Labute approximate surface area is 166 Å². The number of carbonyl (C=O) groups is 2. The van der Waals surface area contributed by atoms with E-state index in [9.17, 15) is 9.59 Å². The molecule has 0 saturated heterocycles. The van der Waals surface area contributed by atoms with Gasteiger partial charge < -0.3 is 10.3 Å². The second-order valence-corrected chi connectivity index (χ2v) is 8.12. The fraction of sp³-hybridized carbons (Fsp3) is 0.238. The van der Waals surface area contributed by atoms with E-state index in [1.807, 2.05) is 56.3 Å². The van der Waals surface area contributed by atoms with Gasteiger partial charge in [-0.15, -0.1) is 0 Å². The molecule has 1 atom stereocenters. The largest absolute Gasteiger partial charge is 0.342 e. The molecule has 0 aliphatic carbocycles. The van der Waals surface area contributed by atoms with Gasteiger partial charge >= 0.3 is 0 Å². The zero-order valence-corrected chi connectivity index (χ0v) is 16.5. The molecule has 1 aliphatic heterocycles. The lowest BCUT2D eigenvalue weighted by Gasteiger charge is -2.12. The number of thioether (sulfide) groups is 1. The molecular weight excluding hydrogens is 372 g/mol. The molecule has 6 nitrogen and oxygen atoms in total. The van der Waals surface area contributed by atoms with Gasteiger partial charge in [0, 0.05) is 12.1 Å². The topological polar surface area (TPSA) is 87.2 Å². The second-order valence-electron chi connectivity index (χ2n) is 6.85. The number of aromatic amines is 1. The lowest BCUT2D eigenvalue weighted by molar-refractivity contribution is -0.121. The number of benzene rings is 2. The highest BCUT2D eigenvalue weighted by Crippen LogP contribution is 2.28. The molecule has 0 saturated carbocycles. The van der Waals surface area contributed by atoms with Crippen molar-refractivity contribution >= 4 is 45.3 Å². The van der Waals surface area contributed by atoms with Gasteiger partial charge in [0.2, 0.25) is 5.91 Å². The van der Waals surface area contributed by atoms with Crippen LogP contribution in [-0.2, 0) is 16.0 Å². The van der Waals surface area contributed by atoms with Crippen molar-refractivity contribution in [1.82, 2.24) is 9.97 Å². The molecule has 0 bridgehead atoms. The van der Waals surface area contributed by atoms with Crippen molar-refractivity contribution in [2.45, 2.75) is 31.9 Å². The average Bonchev–Trinajstić information content (AvgIpc) is 3.21. The highest BCUT2D eigenvalue weighted by atomic mass is 32.2. The van der Waals surface area contributed by atoms with Crippen LogP contribution in [0.3, 0.4) is 0 Å². The van der Waals surface area contributed by atoms with Gasteiger partial charge in [-0.3, -0.25) is 9.59 Å². The van der Waals surface area contributed by atoms with Crippen LogP contribution in [0.25, 0.3) is 11.0 Å². The molecule has 3 aromatic rings. The van der Waals surface area contributed by atoms with Gasteiger partial charge in [-0.05, 0) is 37.1 Å². The third-order valence-electron chi connectivity index (χ3n) is 4.66. The van der Waals surface area contributed by atoms with Crippen molar-refractivity contribution < 1.29 is 9.59 Å². The Kier molecular flexibility index (Phi) is 5.00. The Morgan fingerprint density at radius 3 is 2.64 bits per heavy atom. The maximum Gasteiger partial charge on any atom is 0.260 e. The average molecular weight is 392 g/mol. The van der Waals surface area contributed by atoms with Gasteiger partial charge in [0.15, 0.2) is 0 Å². The summed E-state index contributed by atoms with van der Waals surface area (Å²) in [5.74, 6) is 0.331. The van der Waals surface area contributed by atoms with Gasteiger partial charge in [0.1, 0.15) is 11.1 Å². The number of H-pyrrole nitrogens is 1. The molecule has 0 fully saturated rings. The van der Waals surface area contributed by atoms with E-state index in [0.717, 1.165) is 33.7 Å². The normalized spacial score (nSPS) is 16.4. The minimum Gasteiger partial charge on any atom is -0.342 e. The van der Waals surface area contributed by atoms with E-state index in [1.54, 1.807) is 0 Å². The number of nitrogens with one attached hydrogen (secondary N) is 2. The fourth-order valence-corrected chi connectivity index (χ4v) is 4.33. The van der Waals surface area contributed by atoms with Crippen LogP contribution in [0.15, 0.2) is 47.5 Å². The van der Waals surface area contributed by atoms with E-state index < -0.39 is 5.25 Å². The summed E-state index contributed by atoms with van der Waals surface area (Å²) in [7, 11) is 0. The van der Waals surface area contributed by atoms with Crippen LogP contribution < -0.4 is 5.32 Å². The third-order valence-corrected chi connectivity index (χ3v) is 5.82. The number of aryl methyl sites for hydroxylation is 2. The molecule has 142 valence electrons. The van der Waals surface area contributed by atoms with E-state index in [1.165, 1.54) is 11.8 Å². The number of hydrogen-bond acceptors (Lipinski definition) is 4. The molecule has 1 aliphatic rings. The molecule has 28 heavy (non-hydrogen) atoms. The zero-order chi connectivity index (χ0) is 19.7. The van der Waals surface area contributed by atoms with Crippen LogP contribution >= 0.6 is 11.8 Å². The highest BCUT2D eigenvalue weighted by molar-refractivity contribution is 8.15. The number of anilines is 1. The molecule has 2 N–H and O–H groups in total. The third kappa shape index (κ3) is 3.84. The predicted octanol–water partition coefficient (Wildman–Crippen LogP) is 3.79. The Bertz CT molecular complexity index is 1050. The minimum atomic E-state index is -0.483. The standard InChI is InChI=1S/C21H20N4O2S/c1-12-6-5-7-13(2)20(12)24-18(26)10-16-21(27)25-19(28-16)11-17-22-14-8-3-4-9-15(14)23-17/h3-9,16H,10-11H2,1-2H3,(H,22,23)(H,24,26). The number of aliphatic imine (C=N–C) groups is 1. The van der Waals surface area contributed by atoms with E-state index >= 15 is 0 Å². The summed E-state index contributed by atoms with van der Waals surface area (Å²) in [6, 6.07) is 13.6. The smallest absolute Gasteiger partial charge is 0.260 e. The summed E-state index contributed by atoms with van der Waals surface area (Å²) in [6.07, 6.45) is 0.560. The Hall–Kier alpha value is -2.93. The van der Waals surface area contributed by atoms with Crippen LogP contribution in [0.4, 0.5) is 5.69 Å². The molecule has 7 heteroatoms. The lowest BCUT2D eigenvalue weighted by atomic mass is 10.1. The molecule has 0 spiro atoms. The summed E-state index contributed by atoms with van der Waals surface area (Å²) in [5.41, 5.74) is 4.65. The maximum absolute atomic E-state index is 12.5. The molecule has 2 aromatic carbocycles. The molecule has 0 radical (unpaired) electrons. The van der Waals surface area contributed by atoms with Crippen molar-refractivity contribution in [2.24, 2.45) is 4.99 Å². The van der Waals surface area contributed by atoms with Crippen LogP contribution in [-0.4, -0.2) is 32.1 Å². The first-order valence-electron chi connectivity index (χ1n) is 9.07. The Balaban J connectivity index is 1.38. The number of nitrogens with zero attached hydrogens (tertiary/aromatic N) is 2. The number of para-hydroxylation sites is 3. The monoisotopic (exact) mass is 392 g/mol. The Morgan fingerprint density at radius 2 is 1.89 bits per heavy atom. The van der Waals surface area contributed by atoms with Gasteiger partial charge in [-0.1, -0.05) is 42.1 Å². The summed E-state index contributed by atoms with van der Waals surface area (Å²) in [5, 5.41) is 3.14. The highest BCUT2D eigenvalue weighted by Gasteiger charge is 2.31. The van der Waals surface area contributed by atoms with Gasteiger partial charge in [0.25, 0.3) is 5.91 Å². The first kappa shape index (κ1) is 18.4. The lowest BCUT2D eigenvalue weighted by Crippen LogP contribution is -2.22. The summed E-state index contributed by atoms with van der Waals surface area (Å²) in [4.78, 5) is 36.6. The van der Waals surface area contributed by atoms with Crippen LogP contribution in [0.1, 0.15) is 23.4 Å². The van der Waals surface area contributed by atoms with E-state index in [-0.39, 0.29) is 18.2 Å². The van der Waals surface area contributed by atoms with Gasteiger partial charge in [-0.25, -0.2) is 9.98 Å². The number of imidazole rings is 1. The summed E-state index contributed by atoms with van der Waals surface area (Å²) >= 11 is 1.35.